The van der Waals surface area contributed by atoms with Gasteiger partial charge in [0.05, 0.1) is 18.3 Å². The third-order valence-corrected chi connectivity index (χ3v) is 3.71. The van der Waals surface area contributed by atoms with Crippen LogP contribution in [0.3, 0.4) is 0 Å². The number of nitrogens with one attached hydrogen (secondary N) is 1. The van der Waals surface area contributed by atoms with E-state index in [-0.39, 0.29) is 17.8 Å². The van der Waals surface area contributed by atoms with Crippen molar-refractivity contribution >= 4 is 5.69 Å². The maximum Gasteiger partial charge on any atom is 0.416 e. The zero-order chi connectivity index (χ0) is 17.2. The Kier molecular flexibility index (Phi) is 5.09. The van der Waals surface area contributed by atoms with Crippen molar-refractivity contribution in [2.75, 3.05) is 12.3 Å². The number of hydrogen-bond acceptors (Lipinski definition) is 4. The van der Waals surface area contributed by atoms with E-state index in [0.29, 0.717) is 12.1 Å². The minimum atomic E-state index is -4.41. The Morgan fingerprint density at radius 2 is 2.09 bits per heavy atom. The molecule has 0 fully saturated rings. The molecule has 0 aliphatic carbocycles. The number of benzene rings is 1. The summed E-state index contributed by atoms with van der Waals surface area (Å²) in [6, 6.07) is 3.31. The quantitative estimate of drug-likeness (QED) is 0.825. The smallest absolute Gasteiger partial charge is 0.416 e. The molecule has 1 unspecified atom stereocenters. The van der Waals surface area contributed by atoms with Gasteiger partial charge in [-0.3, -0.25) is 0 Å². The summed E-state index contributed by atoms with van der Waals surface area (Å²) in [5, 5.41) is 1.86. The van der Waals surface area contributed by atoms with Crippen molar-refractivity contribution in [2.45, 2.75) is 45.5 Å². The molecule has 1 aromatic carbocycles. The second kappa shape index (κ2) is 6.70. The Balaban J connectivity index is 2.16. The molecule has 0 saturated carbocycles. The fourth-order valence-corrected chi connectivity index (χ4v) is 2.54. The standard InChI is InChI=1S/C16H22F3N3O/c1-4-15-9-22(8-10(2)23-15)21-11(3)12-5-13(16(17,18)19)7-14(20)6-12/h5-8,11,15,21H,4,9,20H2,1-3H3/t11?,15-/m1/s1. The second-order valence-electron chi connectivity index (χ2n) is 5.78. The average molecular weight is 329 g/mol. The Morgan fingerprint density at radius 3 is 2.70 bits per heavy atom. The van der Waals surface area contributed by atoms with Gasteiger partial charge in [-0.1, -0.05) is 6.92 Å². The van der Waals surface area contributed by atoms with Crippen LogP contribution in [0.4, 0.5) is 18.9 Å². The lowest BCUT2D eigenvalue weighted by Gasteiger charge is -2.34. The molecule has 3 N–H and O–H groups in total. The molecule has 2 rings (SSSR count). The van der Waals surface area contributed by atoms with Crippen LogP contribution in [-0.2, 0) is 10.9 Å². The highest BCUT2D eigenvalue weighted by Gasteiger charge is 2.31. The molecule has 1 aromatic rings. The summed E-state index contributed by atoms with van der Waals surface area (Å²) in [6.07, 6.45) is -1.69. The Bertz CT molecular complexity index is 586. The van der Waals surface area contributed by atoms with Crippen molar-refractivity contribution in [1.29, 1.82) is 0 Å². The van der Waals surface area contributed by atoms with E-state index in [9.17, 15) is 13.2 Å². The normalized spacial score (nSPS) is 20.0. The minimum absolute atomic E-state index is 0.0614. The number of nitrogen functional groups attached to an aromatic ring is 1. The summed E-state index contributed by atoms with van der Waals surface area (Å²) in [7, 11) is 0. The van der Waals surface area contributed by atoms with Gasteiger partial charge in [0.1, 0.15) is 11.9 Å². The molecular formula is C16H22F3N3O. The van der Waals surface area contributed by atoms with E-state index >= 15 is 0 Å². The molecule has 128 valence electrons. The zero-order valence-electron chi connectivity index (χ0n) is 13.4. The van der Waals surface area contributed by atoms with Gasteiger partial charge in [0.15, 0.2) is 0 Å². The number of alkyl halides is 3. The maximum atomic E-state index is 12.9. The molecule has 23 heavy (non-hydrogen) atoms. The van der Waals surface area contributed by atoms with Gasteiger partial charge in [-0.25, -0.2) is 5.43 Å². The first kappa shape index (κ1) is 17.5. The number of hydrazine groups is 1. The molecular weight excluding hydrogens is 307 g/mol. The molecule has 0 spiro atoms. The van der Waals surface area contributed by atoms with Crippen LogP contribution in [0.2, 0.25) is 0 Å². The topological polar surface area (TPSA) is 50.5 Å². The van der Waals surface area contributed by atoms with Gasteiger partial charge in [-0.05, 0) is 44.0 Å². The summed E-state index contributed by atoms with van der Waals surface area (Å²) in [5.74, 6) is 0.770. The van der Waals surface area contributed by atoms with E-state index in [2.05, 4.69) is 5.43 Å². The highest BCUT2D eigenvalue weighted by molar-refractivity contribution is 5.46. The van der Waals surface area contributed by atoms with Crippen LogP contribution in [-0.4, -0.2) is 17.7 Å². The fraction of sp³-hybridized carbons (Fsp3) is 0.500. The van der Waals surface area contributed by atoms with Crippen molar-refractivity contribution in [3.05, 3.63) is 41.3 Å². The van der Waals surface area contributed by atoms with Crippen LogP contribution in [0.1, 0.15) is 44.4 Å². The van der Waals surface area contributed by atoms with E-state index in [4.69, 9.17) is 10.5 Å². The van der Waals surface area contributed by atoms with Crippen molar-refractivity contribution in [3.63, 3.8) is 0 Å². The van der Waals surface area contributed by atoms with Gasteiger partial charge in [0.2, 0.25) is 0 Å². The predicted octanol–water partition coefficient (Wildman–Crippen LogP) is 3.83. The molecule has 1 aliphatic heterocycles. The van der Waals surface area contributed by atoms with Crippen LogP contribution in [0.25, 0.3) is 0 Å². The number of ether oxygens (including phenoxy) is 1. The lowest BCUT2D eigenvalue weighted by atomic mass is 10.0. The van der Waals surface area contributed by atoms with E-state index < -0.39 is 11.7 Å². The van der Waals surface area contributed by atoms with Gasteiger partial charge >= 0.3 is 6.18 Å². The van der Waals surface area contributed by atoms with Crippen LogP contribution < -0.4 is 11.2 Å². The van der Waals surface area contributed by atoms with Gasteiger partial charge < -0.3 is 15.5 Å². The first-order valence-electron chi connectivity index (χ1n) is 7.54. The van der Waals surface area contributed by atoms with Crippen molar-refractivity contribution in [2.24, 2.45) is 0 Å². The number of halogens is 3. The van der Waals surface area contributed by atoms with Gasteiger partial charge in [-0.2, -0.15) is 13.2 Å². The third kappa shape index (κ3) is 4.54. The first-order chi connectivity index (χ1) is 10.7. The number of anilines is 1. The zero-order valence-corrected chi connectivity index (χ0v) is 13.4. The van der Waals surface area contributed by atoms with Crippen LogP contribution in [0, 0.1) is 0 Å². The number of nitrogens with two attached hydrogens (primary N) is 1. The predicted molar refractivity (Wildman–Crippen MR) is 83.0 cm³/mol. The molecule has 0 amide bonds. The molecule has 1 aliphatic rings. The van der Waals surface area contributed by atoms with Gasteiger partial charge in [0, 0.05) is 11.7 Å². The Morgan fingerprint density at radius 1 is 1.39 bits per heavy atom. The molecule has 2 atom stereocenters. The number of nitrogens with zero attached hydrogens (tertiary/aromatic N) is 1. The van der Waals surface area contributed by atoms with E-state index in [1.165, 1.54) is 0 Å². The van der Waals surface area contributed by atoms with E-state index in [1.54, 1.807) is 19.2 Å². The third-order valence-electron chi connectivity index (χ3n) is 3.71. The summed E-state index contributed by atoms with van der Waals surface area (Å²) in [6.45, 7) is 6.31. The number of rotatable bonds is 4. The fourth-order valence-electron chi connectivity index (χ4n) is 2.54. The van der Waals surface area contributed by atoms with Crippen LogP contribution in [0.5, 0.6) is 0 Å². The van der Waals surface area contributed by atoms with Gasteiger partial charge in [-0.15, -0.1) is 0 Å². The van der Waals surface area contributed by atoms with Gasteiger partial charge in [0.25, 0.3) is 0 Å². The summed E-state index contributed by atoms with van der Waals surface area (Å²) < 4.78 is 44.4. The van der Waals surface area contributed by atoms with E-state index in [1.807, 2.05) is 18.9 Å². The molecule has 7 heteroatoms. The molecule has 0 radical (unpaired) electrons. The van der Waals surface area contributed by atoms with Crippen molar-refractivity contribution in [1.82, 2.24) is 10.4 Å². The SMILES string of the molecule is CC[C@@H]1CN(NC(C)c2cc(N)cc(C(F)(F)F)c2)C=C(C)O1. The van der Waals surface area contributed by atoms with E-state index in [0.717, 1.165) is 24.3 Å². The highest BCUT2D eigenvalue weighted by Crippen LogP contribution is 2.32. The molecule has 4 nitrogen and oxygen atoms in total. The summed E-state index contributed by atoms with van der Waals surface area (Å²) in [5.41, 5.74) is 8.66. The Labute approximate surface area is 134 Å². The number of allylic oxidation sites excluding steroid dienone is 1. The lowest BCUT2D eigenvalue weighted by Crippen LogP contribution is -2.43. The molecule has 1 heterocycles. The minimum Gasteiger partial charge on any atom is -0.492 e. The van der Waals surface area contributed by atoms with Crippen molar-refractivity contribution in [3.8, 4) is 0 Å². The summed E-state index contributed by atoms with van der Waals surface area (Å²) >= 11 is 0. The molecule has 0 saturated heterocycles. The monoisotopic (exact) mass is 329 g/mol. The second-order valence-corrected chi connectivity index (χ2v) is 5.78. The maximum absolute atomic E-state index is 12.9. The average Bonchev–Trinajstić information content (AvgIpc) is 2.45. The summed E-state index contributed by atoms with van der Waals surface area (Å²) in [4.78, 5) is 0. The Hall–Kier alpha value is -1.89. The largest absolute Gasteiger partial charge is 0.492 e. The number of hydrogen-bond donors (Lipinski definition) is 2. The lowest BCUT2D eigenvalue weighted by molar-refractivity contribution is -0.137. The van der Waals surface area contributed by atoms with Crippen molar-refractivity contribution < 1.29 is 17.9 Å². The highest BCUT2D eigenvalue weighted by atomic mass is 19.4. The molecule has 0 aromatic heterocycles. The first-order valence-corrected chi connectivity index (χ1v) is 7.54. The van der Waals surface area contributed by atoms with Crippen LogP contribution >= 0.6 is 0 Å². The molecule has 0 bridgehead atoms. The van der Waals surface area contributed by atoms with Crippen LogP contribution in [0.15, 0.2) is 30.2 Å².